The number of halogens is 6. The highest BCUT2D eigenvalue weighted by molar-refractivity contribution is 7.92. The maximum atomic E-state index is 15.2. The molecule has 0 saturated carbocycles. The Morgan fingerprint density at radius 1 is 1.09 bits per heavy atom. The predicted octanol–water partition coefficient (Wildman–Crippen LogP) is 5.29. The Balaban J connectivity index is 2.04. The molecule has 2 aromatic carbocycles. The number of nitrogens with zero attached hydrogens (tertiary/aromatic N) is 2. The smallest absolute Gasteiger partial charge is 0.345 e. The van der Waals surface area contributed by atoms with Crippen molar-refractivity contribution in [2.24, 2.45) is 9.98 Å². The topological polar surface area (TPSA) is 104 Å². The zero-order valence-electron chi connectivity index (χ0n) is 17.5. The van der Waals surface area contributed by atoms with E-state index in [0.29, 0.717) is 30.3 Å². The molecular formula is C21H14ClF5N4O3S. The monoisotopic (exact) mass is 532 g/mol. The molecule has 1 heterocycles. The van der Waals surface area contributed by atoms with Crippen molar-refractivity contribution in [3.8, 4) is 0 Å². The van der Waals surface area contributed by atoms with E-state index < -0.39 is 55.3 Å². The molecule has 0 saturated heterocycles. The number of anilines is 1. The average molecular weight is 533 g/mol. The Morgan fingerprint density at radius 2 is 1.71 bits per heavy atom. The van der Waals surface area contributed by atoms with Crippen LogP contribution >= 0.6 is 11.6 Å². The van der Waals surface area contributed by atoms with E-state index in [1.807, 2.05) is 4.72 Å². The molecule has 0 unspecified atom stereocenters. The SMILES string of the molecule is C=Nc1[nH]cc(C(=O)c2c(F)ccc(NS(=O)(=O)c3ccc(C(F)(F)F)cc3)c2F)c1/C(Cl)=N\C. The standard InChI is InChI=1S/C21H14ClF5N4O3S/c1-28-19(22)15-12(9-30-20(15)29-2)18(32)16-13(23)7-8-14(17(16)24)31-35(33,34)11-5-3-10(4-6-11)21(25,26)27/h3-9,30-31H,2H2,1H3/b28-19+. The van der Waals surface area contributed by atoms with Gasteiger partial charge in [0.05, 0.1) is 32.8 Å². The number of hydrogen-bond donors (Lipinski definition) is 2. The van der Waals surface area contributed by atoms with Gasteiger partial charge >= 0.3 is 6.18 Å². The van der Waals surface area contributed by atoms with Gasteiger partial charge < -0.3 is 4.98 Å². The third-order valence-electron chi connectivity index (χ3n) is 4.72. The molecule has 0 fully saturated rings. The van der Waals surface area contributed by atoms with Crippen LogP contribution in [0.1, 0.15) is 27.0 Å². The Morgan fingerprint density at radius 3 is 2.26 bits per heavy atom. The molecule has 0 atom stereocenters. The predicted molar refractivity (Wildman–Crippen MR) is 120 cm³/mol. The normalized spacial score (nSPS) is 12.5. The summed E-state index contributed by atoms with van der Waals surface area (Å²) in [6.07, 6.45) is -3.62. The lowest BCUT2D eigenvalue weighted by Crippen LogP contribution is -2.17. The maximum absolute atomic E-state index is 15.2. The minimum atomic E-state index is -4.70. The van der Waals surface area contributed by atoms with Crippen LogP contribution in [-0.2, 0) is 16.2 Å². The zero-order chi connectivity index (χ0) is 26.1. The molecule has 0 radical (unpaired) electrons. The van der Waals surface area contributed by atoms with Gasteiger partial charge in [0, 0.05) is 13.2 Å². The first-order valence-electron chi connectivity index (χ1n) is 9.35. The third-order valence-corrected chi connectivity index (χ3v) is 6.46. The number of aromatic nitrogens is 1. The molecule has 0 aliphatic rings. The van der Waals surface area contributed by atoms with Crippen molar-refractivity contribution in [3.63, 3.8) is 0 Å². The highest BCUT2D eigenvalue weighted by Crippen LogP contribution is 2.32. The van der Waals surface area contributed by atoms with Crippen molar-refractivity contribution in [1.82, 2.24) is 4.98 Å². The molecule has 184 valence electrons. The van der Waals surface area contributed by atoms with E-state index in [1.165, 1.54) is 7.05 Å². The molecule has 0 aliphatic heterocycles. The van der Waals surface area contributed by atoms with Gasteiger partial charge in [-0.3, -0.25) is 14.5 Å². The van der Waals surface area contributed by atoms with Crippen LogP contribution in [0.2, 0.25) is 0 Å². The Labute approximate surface area is 200 Å². The van der Waals surface area contributed by atoms with Crippen LogP contribution in [0.4, 0.5) is 33.5 Å². The molecule has 3 rings (SSSR count). The fraction of sp³-hybridized carbons (Fsp3) is 0.0952. The Kier molecular flexibility index (Phi) is 7.13. The number of nitrogens with one attached hydrogen (secondary N) is 2. The van der Waals surface area contributed by atoms with E-state index in [-0.39, 0.29) is 22.1 Å². The molecule has 0 amide bonds. The van der Waals surface area contributed by atoms with Crippen LogP contribution in [0.25, 0.3) is 0 Å². The van der Waals surface area contributed by atoms with Gasteiger partial charge in [-0.05, 0) is 43.1 Å². The largest absolute Gasteiger partial charge is 0.416 e. The summed E-state index contributed by atoms with van der Waals surface area (Å²) >= 11 is 6.00. The van der Waals surface area contributed by atoms with Crippen molar-refractivity contribution in [1.29, 1.82) is 0 Å². The van der Waals surface area contributed by atoms with Crippen LogP contribution in [0.5, 0.6) is 0 Å². The van der Waals surface area contributed by atoms with E-state index in [9.17, 15) is 30.8 Å². The molecule has 7 nitrogen and oxygen atoms in total. The average Bonchev–Trinajstić information content (AvgIpc) is 3.24. The lowest BCUT2D eigenvalue weighted by molar-refractivity contribution is -0.137. The number of rotatable bonds is 7. The van der Waals surface area contributed by atoms with E-state index in [0.717, 1.165) is 12.3 Å². The number of carbonyl (C=O) groups excluding carboxylic acids is 1. The van der Waals surface area contributed by atoms with Gasteiger partial charge in [0.15, 0.2) is 5.82 Å². The quantitative estimate of drug-likeness (QED) is 0.245. The fourth-order valence-electron chi connectivity index (χ4n) is 3.04. The maximum Gasteiger partial charge on any atom is 0.416 e. The second kappa shape index (κ2) is 9.58. The van der Waals surface area contributed by atoms with Gasteiger partial charge in [0.25, 0.3) is 10.0 Å². The number of benzene rings is 2. The summed E-state index contributed by atoms with van der Waals surface area (Å²) in [4.78, 5) is 22.3. The highest BCUT2D eigenvalue weighted by Gasteiger charge is 2.31. The third kappa shape index (κ3) is 5.10. The van der Waals surface area contributed by atoms with Crippen LogP contribution in [-0.4, -0.2) is 38.1 Å². The van der Waals surface area contributed by atoms with E-state index in [2.05, 4.69) is 21.7 Å². The Hall–Kier alpha value is -3.58. The number of ketones is 1. The molecule has 35 heavy (non-hydrogen) atoms. The van der Waals surface area contributed by atoms with Crippen molar-refractivity contribution in [3.05, 3.63) is 76.5 Å². The summed E-state index contributed by atoms with van der Waals surface area (Å²) < 4.78 is 94.9. The number of alkyl halides is 3. The first-order chi connectivity index (χ1) is 16.3. The summed E-state index contributed by atoms with van der Waals surface area (Å²) in [5, 5.41) is -0.211. The molecule has 0 spiro atoms. The second-order valence-electron chi connectivity index (χ2n) is 6.84. The first kappa shape index (κ1) is 26.0. The molecule has 2 N–H and O–H groups in total. The molecule has 3 aromatic rings. The van der Waals surface area contributed by atoms with E-state index >= 15 is 4.39 Å². The number of aromatic amines is 1. The molecule has 0 bridgehead atoms. The van der Waals surface area contributed by atoms with Gasteiger partial charge in [0.2, 0.25) is 5.78 Å². The zero-order valence-corrected chi connectivity index (χ0v) is 19.1. The highest BCUT2D eigenvalue weighted by atomic mass is 35.5. The van der Waals surface area contributed by atoms with Crippen molar-refractivity contribution >= 4 is 50.8 Å². The van der Waals surface area contributed by atoms with E-state index in [1.54, 1.807) is 0 Å². The number of sulfonamides is 1. The van der Waals surface area contributed by atoms with Crippen LogP contribution in [0.15, 0.2) is 57.5 Å². The van der Waals surface area contributed by atoms with Crippen LogP contribution in [0.3, 0.4) is 0 Å². The second-order valence-corrected chi connectivity index (χ2v) is 8.88. The first-order valence-corrected chi connectivity index (χ1v) is 11.2. The van der Waals surface area contributed by atoms with Gasteiger partial charge in [0.1, 0.15) is 16.8 Å². The van der Waals surface area contributed by atoms with E-state index in [4.69, 9.17) is 11.6 Å². The molecular weight excluding hydrogens is 519 g/mol. The molecule has 1 aromatic heterocycles. The Bertz CT molecular complexity index is 1450. The number of carbonyl (C=O) groups is 1. The van der Waals surface area contributed by atoms with Gasteiger partial charge in [-0.1, -0.05) is 11.6 Å². The van der Waals surface area contributed by atoms with Crippen LogP contribution < -0.4 is 4.72 Å². The number of H-pyrrole nitrogens is 1. The van der Waals surface area contributed by atoms with Crippen LogP contribution in [0, 0.1) is 11.6 Å². The summed E-state index contributed by atoms with van der Waals surface area (Å²) in [7, 11) is -3.30. The molecule has 14 heteroatoms. The van der Waals surface area contributed by atoms with Crippen molar-refractivity contribution in [2.75, 3.05) is 11.8 Å². The minimum absolute atomic E-state index is 0.00364. The lowest BCUT2D eigenvalue weighted by Gasteiger charge is -2.13. The number of hydrogen-bond acceptors (Lipinski definition) is 5. The summed E-state index contributed by atoms with van der Waals surface area (Å²) in [5.74, 6) is -4.08. The minimum Gasteiger partial charge on any atom is -0.345 e. The van der Waals surface area contributed by atoms with Gasteiger partial charge in [-0.2, -0.15) is 13.2 Å². The summed E-state index contributed by atoms with van der Waals surface area (Å²) in [6.45, 7) is 3.30. The lowest BCUT2D eigenvalue weighted by atomic mass is 10.0. The van der Waals surface area contributed by atoms with Gasteiger partial charge in [-0.15, -0.1) is 0 Å². The van der Waals surface area contributed by atoms with Gasteiger partial charge in [-0.25, -0.2) is 22.2 Å². The fourth-order valence-corrected chi connectivity index (χ4v) is 4.29. The summed E-state index contributed by atoms with van der Waals surface area (Å²) in [5.41, 5.74) is -3.42. The summed E-state index contributed by atoms with van der Waals surface area (Å²) in [6, 6.07) is 3.76. The van der Waals surface area contributed by atoms with Crippen molar-refractivity contribution < 1.29 is 35.2 Å². The van der Waals surface area contributed by atoms with Crippen molar-refractivity contribution in [2.45, 2.75) is 11.1 Å². The molecule has 0 aliphatic carbocycles. The number of aliphatic imine (C=N–C) groups is 2.